The van der Waals surface area contributed by atoms with Crippen molar-refractivity contribution >= 4 is 0 Å². The first-order valence-corrected chi connectivity index (χ1v) is 11.9. The van der Waals surface area contributed by atoms with Crippen molar-refractivity contribution in [1.29, 1.82) is 0 Å². The molecule has 6 fully saturated rings. The van der Waals surface area contributed by atoms with E-state index in [1.54, 1.807) is 0 Å². The molecule has 5 atom stereocenters. The van der Waals surface area contributed by atoms with E-state index < -0.39 is 6.17 Å². The number of nitrogens with one attached hydrogen (secondary N) is 2. The van der Waals surface area contributed by atoms with Gasteiger partial charge in [-0.2, -0.15) is 0 Å². The van der Waals surface area contributed by atoms with E-state index in [1.807, 2.05) is 0 Å². The number of nitrogens with zero attached hydrogens (tertiary/aromatic N) is 1. The van der Waals surface area contributed by atoms with Gasteiger partial charge in [0, 0.05) is 25.6 Å². The molecule has 5 saturated heterocycles. The molecule has 1 aliphatic carbocycles. The number of hydrogen-bond donors (Lipinski definition) is 2. The lowest BCUT2D eigenvalue weighted by Gasteiger charge is -2.52. The molecule has 1 saturated carbocycles. The van der Waals surface area contributed by atoms with Crippen LogP contribution >= 0.6 is 0 Å². The van der Waals surface area contributed by atoms with Gasteiger partial charge in [-0.1, -0.05) is 0 Å². The van der Waals surface area contributed by atoms with E-state index >= 15 is 0 Å². The summed E-state index contributed by atoms with van der Waals surface area (Å²) in [5.74, 6) is 0.396. The molecule has 5 heterocycles. The van der Waals surface area contributed by atoms with Gasteiger partial charge in [0.2, 0.25) is 0 Å². The van der Waals surface area contributed by atoms with Crippen molar-refractivity contribution in [3.63, 3.8) is 0 Å². The summed E-state index contributed by atoms with van der Waals surface area (Å²) in [5, 5.41) is 7.29. The van der Waals surface area contributed by atoms with Gasteiger partial charge < -0.3 is 19.5 Å². The van der Waals surface area contributed by atoms with Gasteiger partial charge in [-0.15, -0.1) is 0 Å². The van der Waals surface area contributed by atoms with Crippen molar-refractivity contribution < 1.29 is 18.6 Å². The van der Waals surface area contributed by atoms with Crippen molar-refractivity contribution in [3.05, 3.63) is 0 Å². The third-order valence-corrected chi connectivity index (χ3v) is 8.19. The molecule has 2 N–H and O–H groups in total. The van der Waals surface area contributed by atoms with Gasteiger partial charge in [0.15, 0.2) is 0 Å². The van der Waals surface area contributed by atoms with Crippen LogP contribution in [0, 0.1) is 11.8 Å². The second-order valence-corrected chi connectivity index (χ2v) is 9.79. The Morgan fingerprint density at radius 3 is 2.69 bits per heavy atom. The molecule has 6 nitrogen and oxygen atoms in total. The lowest BCUT2D eigenvalue weighted by Crippen LogP contribution is -2.70. The molecule has 1 spiro atoms. The Hall–Kier alpha value is -0.310. The standard InChI is InChI=1S/C22H38FN3O3/c23-18-6-8-24-21-20(18)16-2-4-17(5-3-16)29-14-19-22(15-27-12-9-25-22)7-1-10-26(19)11-13-28-21/h16-21,24-25H,1-15H2/t16?,17?,18?,19-,20?,21?,22+/m0/s1. The maximum Gasteiger partial charge on any atom is 0.114 e. The van der Waals surface area contributed by atoms with Gasteiger partial charge in [-0.05, 0) is 57.4 Å². The smallest absolute Gasteiger partial charge is 0.114 e. The minimum absolute atomic E-state index is 0.0104. The zero-order valence-corrected chi connectivity index (χ0v) is 17.6. The molecular formula is C22H38FN3O3. The van der Waals surface area contributed by atoms with Crippen molar-refractivity contribution in [2.24, 2.45) is 11.8 Å². The number of morpholine rings is 1. The normalized spacial score (nSPS) is 47.5. The molecule has 3 unspecified atom stereocenters. The fraction of sp³-hybridized carbons (Fsp3) is 1.00. The number of rotatable bonds is 0. The Balaban J connectivity index is 1.35. The van der Waals surface area contributed by atoms with Crippen LogP contribution in [0.5, 0.6) is 0 Å². The predicted molar refractivity (Wildman–Crippen MR) is 109 cm³/mol. The molecule has 2 bridgehead atoms. The number of piperidine rings is 2. The molecule has 6 aliphatic rings. The highest BCUT2D eigenvalue weighted by Crippen LogP contribution is 2.39. The molecule has 29 heavy (non-hydrogen) atoms. The Kier molecular flexibility index (Phi) is 6.42. The van der Waals surface area contributed by atoms with Crippen molar-refractivity contribution in [1.82, 2.24) is 15.5 Å². The second kappa shape index (κ2) is 9.05. The highest BCUT2D eigenvalue weighted by Gasteiger charge is 2.47. The zero-order chi connectivity index (χ0) is 19.7. The lowest BCUT2D eigenvalue weighted by molar-refractivity contribution is -0.0975. The molecule has 0 aromatic carbocycles. The molecule has 7 heteroatoms. The lowest BCUT2D eigenvalue weighted by atomic mass is 9.74. The summed E-state index contributed by atoms with van der Waals surface area (Å²) in [6, 6.07) is 0.308. The number of hydrogen-bond acceptors (Lipinski definition) is 6. The third-order valence-electron chi connectivity index (χ3n) is 8.19. The van der Waals surface area contributed by atoms with Crippen LogP contribution < -0.4 is 10.6 Å². The maximum atomic E-state index is 14.9. The van der Waals surface area contributed by atoms with Crippen LogP contribution in [-0.2, 0) is 14.2 Å². The van der Waals surface area contributed by atoms with E-state index in [0.717, 1.165) is 84.5 Å². The van der Waals surface area contributed by atoms with Crippen LogP contribution in [0.4, 0.5) is 4.39 Å². The summed E-state index contributed by atoms with van der Waals surface area (Å²) in [5.41, 5.74) is -0.0104. The zero-order valence-electron chi connectivity index (χ0n) is 17.6. The van der Waals surface area contributed by atoms with E-state index in [0.29, 0.717) is 31.1 Å². The Morgan fingerprint density at radius 1 is 0.966 bits per heavy atom. The van der Waals surface area contributed by atoms with Crippen LogP contribution in [0.3, 0.4) is 0 Å². The molecule has 0 aromatic rings. The van der Waals surface area contributed by atoms with Gasteiger partial charge in [-0.3, -0.25) is 10.2 Å². The Labute approximate surface area is 174 Å². The Bertz CT molecular complexity index is 534. The van der Waals surface area contributed by atoms with Crippen LogP contribution in [0.1, 0.15) is 44.9 Å². The van der Waals surface area contributed by atoms with Crippen LogP contribution in [0.15, 0.2) is 0 Å². The quantitative estimate of drug-likeness (QED) is 0.633. The molecule has 5 aliphatic heterocycles. The molecule has 0 radical (unpaired) electrons. The summed E-state index contributed by atoms with van der Waals surface area (Å²) < 4.78 is 33.7. The molecule has 0 amide bonds. The van der Waals surface area contributed by atoms with Crippen molar-refractivity contribution in [2.45, 2.75) is 75.0 Å². The number of ether oxygens (including phenoxy) is 3. The number of fused-ring (bicyclic) bond motifs is 5. The first-order valence-electron chi connectivity index (χ1n) is 11.9. The van der Waals surface area contributed by atoms with Crippen LogP contribution in [-0.4, -0.2) is 87.6 Å². The van der Waals surface area contributed by atoms with Gasteiger partial charge in [0.1, 0.15) is 12.4 Å². The topological polar surface area (TPSA) is 55.0 Å². The molecule has 0 aromatic heterocycles. The molecular weight excluding hydrogens is 373 g/mol. The summed E-state index contributed by atoms with van der Waals surface area (Å²) in [6.45, 7) is 6.53. The number of alkyl halides is 1. The van der Waals surface area contributed by atoms with Crippen molar-refractivity contribution in [3.8, 4) is 0 Å². The maximum absolute atomic E-state index is 14.9. The average molecular weight is 412 g/mol. The van der Waals surface area contributed by atoms with Crippen LogP contribution in [0.2, 0.25) is 0 Å². The average Bonchev–Trinajstić information content (AvgIpc) is 2.76. The molecule has 166 valence electrons. The fourth-order valence-electron chi connectivity index (χ4n) is 6.61. The van der Waals surface area contributed by atoms with Crippen LogP contribution in [0.25, 0.3) is 0 Å². The summed E-state index contributed by atoms with van der Waals surface area (Å²) in [6.07, 6.45) is 6.54. The van der Waals surface area contributed by atoms with Crippen molar-refractivity contribution in [2.75, 3.05) is 52.6 Å². The third kappa shape index (κ3) is 4.23. The number of halogens is 1. The first-order chi connectivity index (χ1) is 14.3. The first kappa shape index (κ1) is 20.6. The summed E-state index contributed by atoms with van der Waals surface area (Å²) in [7, 11) is 0. The second-order valence-electron chi connectivity index (χ2n) is 9.79. The van der Waals surface area contributed by atoms with Gasteiger partial charge in [0.05, 0.1) is 44.1 Å². The molecule has 6 rings (SSSR count). The van der Waals surface area contributed by atoms with E-state index in [2.05, 4.69) is 15.5 Å². The summed E-state index contributed by atoms with van der Waals surface area (Å²) in [4.78, 5) is 2.54. The van der Waals surface area contributed by atoms with E-state index in [9.17, 15) is 4.39 Å². The van der Waals surface area contributed by atoms with E-state index in [-0.39, 0.29) is 17.7 Å². The SMILES string of the molecule is FC1CCNC2OCCN3CCC[C@@]4(COCCN4)[C@@H]3COC3CCC(CC3)C12. The Morgan fingerprint density at radius 2 is 1.86 bits per heavy atom. The van der Waals surface area contributed by atoms with Gasteiger partial charge >= 0.3 is 0 Å². The fourth-order valence-corrected chi connectivity index (χ4v) is 6.61. The largest absolute Gasteiger partial charge is 0.378 e. The highest BCUT2D eigenvalue weighted by atomic mass is 19.1. The predicted octanol–water partition coefficient (Wildman–Crippen LogP) is 1.69. The minimum Gasteiger partial charge on any atom is -0.378 e. The van der Waals surface area contributed by atoms with E-state index in [1.165, 1.54) is 0 Å². The van der Waals surface area contributed by atoms with Gasteiger partial charge in [-0.25, -0.2) is 4.39 Å². The highest BCUT2D eigenvalue weighted by molar-refractivity contribution is 5.05. The van der Waals surface area contributed by atoms with E-state index in [4.69, 9.17) is 14.2 Å². The summed E-state index contributed by atoms with van der Waals surface area (Å²) >= 11 is 0. The minimum atomic E-state index is -0.747. The van der Waals surface area contributed by atoms with Gasteiger partial charge in [0.25, 0.3) is 0 Å². The monoisotopic (exact) mass is 411 g/mol.